The number of nitrogens with one attached hydrogen (secondary N) is 1. The van der Waals surface area contributed by atoms with Gasteiger partial charge in [0.1, 0.15) is 5.76 Å². The molecule has 2 heterocycles. The minimum Gasteiger partial charge on any atom is -0.468 e. The van der Waals surface area contributed by atoms with Crippen LogP contribution in [0.25, 0.3) is 0 Å². The van der Waals surface area contributed by atoms with Gasteiger partial charge in [0.05, 0.1) is 12.3 Å². The summed E-state index contributed by atoms with van der Waals surface area (Å²) in [4.78, 5) is 16.4. The Bertz CT molecular complexity index is 435. The Kier molecular flexibility index (Phi) is 6.31. The molecule has 0 radical (unpaired) electrons. The number of amides is 2. The molecular weight excluding hydrogens is 278 g/mol. The summed E-state index contributed by atoms with van der Waals surface area (Å²) in [5, 5.41) is 3.07. The van der Waals surface area contributed by atoms with Crippen molar-refractivity contribution in [1.82, 2.24) is 15.1 Å². The standard InChI is InChI=1S/C17H29N3O2/c1-4-19(5-2)17(21)18-13-15(16-7-6-12-22-16)20-10-8-14(3)9-11-20/h6-7,12,14-15H,4-5,8-11,13H2,1-3H3,(H,18,21). The maximum atomic E-state index is 12.2. The van der Waals surface area contributed by atoms with E-state index in [1.807, 2.05) is 26.0 Å². The van der Waals surface area contributed by atoms with E-state index in [0.29, 0.717) is 6.54 Å². The van der Waals surface area contributed by atoms with E-state index in [1.165, 1.54) is 12.8 Å². The first kappa shape index (κ1) is 16.9. The number of urea groups is 1. The highest BCUT2D eigenvalue weighted by atomic mass is 16.3. The summed E-state index contributed by atoms with van der Waals surface area (Å²) in [7, 11) is 0. The highest BCUT2D eigenvalue weighted by Crippen LogP contribution is 2.26. The third-order valence-electron chi connectivity index (χ3n) is 4.63. The molecule has 1 fully saturated rings. The molecule has 0 bridgehead atoms. The lowest BCUT2D eigenvalue weighted by Crippen LogP contribution is -2.45. The zero-order valence-corrected chi connectivity index (χ0v) is 14.0. The van der Waals surface area contributed by atoms with Crippen LogP contribution in [0.15, 0.2) is 22.8 Å². The molecule has 0 aliphatic carbocycles. The second-order valence-corrected chi connectivity index (χ2v) is 6.11. The third kappa shape index (κ3) is 4.26. The Morgan fingerprint density at radius 3 is 2.64 bits per heavy atom. The van der Waals surface area contributed by atoms with E-state index in [1.54, 1.807) is 11.2 Å². The summed E-state index contributed by atoms with van der Waals surface area (Å²) < 4.78 is 5.61. The number of rotatable bonds is 6. The lowest BCUT2D eigenvalue weighted by molar-refractivity contribution is 0.120. The molecule has 1 aromatic heterocycles. The molecule has 2 rings (SSSR count). The summed E-state index contributed by atoms with van der Waals surface area (Å²) >= 11 is 0. The number of piperidine rings is 1. The monoisotopic (exact) mass is 307 g/mol. The molecular formula is C17H29N3O2. The number of nitrogens with zero attached hydrogens (tertiary/aromatic N) is 2. The van der Waals surface area contributed by atoms with Gasteiger partial charge in [0.2, 0.25) is 0 Å². The minimum absolute atomic E-state index is 0.00642. The maximum absolute atomic E-state index is 12.2. The van der Waals surface area contributed by atoms with Gasteiger partial charge in [-0.1, -0.05) is 6.92 Å². The number of hydrogen-bond acceptors (Lipinski definition) is 3. The summed E-state index contributed by atoms with van der Waals surface area (Å²) in [6.45, 7) is 10.5. The Balaban J connectivity index is 1.98. The summed E-state index contributed by atoms with van der Waals surface area (Å²) in [5.74, 6) is 1.73. The fourth-order valence-corrected chi connectivity index (χ4v) is 3.04. The molecule has 5 heteroatoms. The van der Waals surface area contributed by atoms with Gasteiger partial charge in [0, 0.05) is 19.6 Å². The van der Waals surface area contributed by atoms with Gasteiger partial charge in [-0.15, -0.1) is 0 Å². The van der Waals surface area contributed by atoms with Crippen LogP contribution < -0.4 is 5.32 Å². The first-order valence-electron chi connectivity index (χ1n) is 8.45. The van der Waals surface area contributed by atoms with Crippen molar-refractivity contribution in [2.24, 2.45) is 5.92 Å². The summed E-state index contributed by atoms with van der Waals surface area (Å²) in [6, 6.07) is 4.06. The topological polar surface area (TPSA) is 48.7 Å². The van der Waals surface area contributed by atoms with Crippen LogP contribution in [0, 0.1) is 5.92 Å². The molecule has 124 valence electrons. The van der Waals surface area contributed by atoms with Crippen LogP contribution in [0.5, 0.6) is 0 Å². The van der Waals surface area contributed by atoms with Gasteiger partial charge >= 0.3 is 6.03 Å². The Morgan fingerprint density at radius 1 is 1.41 bits per heavy atom. The van der Waals surface area contributed by atoms with Crippen molar-refractivity contribution in [3.8, 4) is 0 Å². The average molecular weight is 307 g/mol. The van der Waals surface area contributed by atoms with Crippen molar-refractivity contribution in [2.75, 3.05) is 32.7 Å². The van der Waals surface area contributed by atoms with E-state index in [2.05, 4.69) is 17.1 Å². The molecule has 1 N–H and O–H groups in total. The van der Waals surface area contributed by atoms with Crippen molar-refractivity contribution < 1.29 is 9.21 Å². The molecule has 22 heavy (non-hydrogen) atoms. The van der Waals surface area contributed by atoms with Crippen molar-refractivity contribution >= 4 is 6.03 Å². The van der Waals surface area contributed by atoms with E-state index >= 15 is 0 Å². The summed E-state index contributed by atoms with van der Waals surface area (Å²) in [5.41, 5.74) is 0. The Morgan fingerprint density at radius 2 is 2.09 bits per heavy atom. The van der Waals surface area contributed by atoms with Gasteiger partial charge in [-0.05, 0) is 57.8 Å². The highest BCUT2D eigenvalue weighted by molar-refractivity contribution is 5.74. The van der Waals surface area contributed by atoms with Crippen LogP contribution in [0.1, 0.15) is 45.4 Å². The quantitative estimate of drug-likeness (QED) is 0.878. The maximum Gasteiger partial charge on any atom is 0.317 e. The first-order chi connectivity index (χ1) is 10.7. The van der Waals surface area contributed by atoms with Crippen LogP contribution in [0.2, 0.25) is 0 Å². The number of hydrogen-bond donors (Lipinski definition) is 1. The van der Waals surface area contributed by atoms with Crippen LogP contribution in [-0.4, -0.2) is 48.6 Å². The van der Waals surface area contributed by atoms with Crippen LogP contribution in [0.4, 0.5) is 4.79 Å². The van der Waals surface area contributed by atoms with E-state index in [4.69, 9.17) is 4.42 Å². The summed E-state index contributed by atoms with van der Waals surface area (Å²) in [6.07, 6.45) is 4.13. The van der Waals surface area contributed by atoms with Gasteiger partial charge < -0.3 is 14.6 Å². The second kappa shape index (κ2) is 8.22. The molecule has 1 atom stereocenters. The normalized spacial score (nSPS) is 18.1. The molecule has 0 aromatic carbocycles. The number of furan rings is 1. The molecule has 0 spiro atoms. The Labute approximate surface area is 133 Å². The molecule has 1 aliphatic heterocycles. The number of carbonyl (C=O) groups excluding carboxylic acids is 1. The minimum atomic E-state index is 0.00642. The first-order valence-corrected chi connectivity index (χ1v) is 8.45. The second-order valence-electron chi connectivity index (χ2n) is 6.11. The molecule has 1 aromatic rings. The molecule has 1 unspecified atom stereocenters. The zero-order valence-electron chi connectivity index (χ0n) is 14.0. The van der Waals surface area contributed by atoms with Crippen LogP contribution >= 0.6 is 0 Å². The predicted molar refractivity (Wildman–Crippen MR) is 87.7 cm³/mol. The van der Waals surface area contributed by atoms with Crippen molar-refractivity contribution in [2.45, 2.75) is 39.7 Å². The average Bonchev–Trinajstić information content (AvgIpc) is 3.04. The van der Waals surface area contributed by atoms with Gasteiger partial charge in [-0.3, -0.25) is 4.90 Å². The van der Waals surface area contributed by atoms with Gasteiger partial charge in [0.15, 0.2) is 0 Å². The van der Waals surface area contributed by atoms with Crippen molar-refractivity contribution in [3.63, 3.8) is 0 Å². The van der Waals surface area contributed by atoms with Gasteiger partial charge in [0.25, 0.3) is 0 Å². The van der Waals surface area contributed by atoms with E-state index < -0.39 is 0 Å². The third-order valence-corrected chi connectivity index (χ3v) is 4.63. The van der Waals surface area contributed by atoms with Gasteiger partial charge in [-0.2, -0.15) is 0 Å². The lowest BCUT2D eigenvalue weighted by Gasteiger charge is -2.36. The molecule has 2 amide bonds. The number of carbonyl (C=O) groups is 1. The molecule has 1 saturated heterocycles. The van der Waals surface area contributed by atoms with Crippen molar-refractivity contribution in [1.29, 1.82) is 0 Å². The Hall–Kier alpha value is -1.49. The van der Waals surface area contributed by atoms with E-state index in [0.717, 1.165) is 37.9 Å². The van der Waals surface area contributed by atoms with Crippen LogP contribution in [-0.2, 0) is 0 Å². The molecule has 1 aliphatic rings. The van der Waals surface area contributed by atoms with E-state index in [-0.39, 0.29) is 12.1 Å². The highest BCUT2D eigenvalue weighted by Gasteiger charge is 2.27. The predicted octanol–water partition coefficient (Wildman–Crippen LogP) is 3.10. The SMILES string of the molecule is CCN(CC)C(=O)NCC(c1ccco1)N1CCC(C)CC1. The largest absolute Gasteiger partial charge is 0.468 e. The smallest absolute Gasteiger partial charge is 0.317 e. The molecule has 5 nitrogen and oxygen atoms in total. The lowest BCUT2D eigenvalue weighted by atomic mass is 9.97. The van der Waals surface area contributed by atoms with Crippen molar-refractivity contribution in [3.05, 3.63) is 24.2 Å². The fraction of sp³-hybridized carbons (Fsp3) is 0.706. The molecule has 0 saturated carbocycles. The zero-order chi connectivity index (χ0) is 15.9. The van der Waals surface area contributed by atoms with Gasteiger partial charge in [-0.25, -0.2) is 4.79 Å². The van der Waals surface area contributed by atoms with Crippen LogP contribution in [0.3, 0.4) is 0 Å². The van der Waals surface area contributed by atoms with E-state index in [9.17, 15) is 4.79 Å². The fourth-order valence-electron chi connectivity index (χ4n) is 3.04. The number of likely N-dealkylation sites (tertiary alicyclic amines) is 1.